The van der Waals surface area contributed by atoms with E-state index in [9.17, 15) is 9.59 Å². The fourth-order valence-electron chi connectivity index (χ4n) is 3.07. The Labute approximate surface area is 176 Å². The second-order valence-electron chi connectivity index (χ2n) is 6.86. The first-order chi connectivity index (χ1) is 14.5. The Morgan fingerprint density at radius 1 is 0.900 bits per heavy atom. The molecule has 0 aromatic heterocycles. The molecule has 0 spiro atoms. The van der Waals surface area contributed by atoms with Crippen molar-refractivity contribution in [3.05, 3.63) is 95.6 Å². The molecule has 0 bridgehead atoms. The molecule has 0 saturated carbocycles. The molecular weight excluding hydrogens is 378 g/mol. The van der Waals surface area contributed by atoms with E-state index < -0.39 is 6.03 Å². The van der Waals surface area contributed by atoms with Gasteiger partial charge in [-0.2, -0.15) is 0 Å². The van der Waals surface area contributed by atoms with Gasteiger partial charge in [0.05, 0.1) is 19.7 Å². The van der Waals surface area contributed by atoms with Gasteiger partial charge >= 0.3 is 6.03 Å². The van der Waals surface area contributed by atoms with Crippen molar-refractivity contribution in [2.75, 3.05) is 19.0 Å². The van der Waals surface area contributed by atoms with Gasteiger partial charge in [-0.1, -0.05) is 54.6 Å². The summed E-state index contributed by atoms with van der Waals surface area (Å²) in [6, 6.07) is 23.9. The second kappa shape index (κ2) is 10.1. The first-order valence-electron chi connectivity index (χ1n) is 9.65. The lowest BCUT2D eigenvalue weighted by Crippen LogP contribution is -2.40. The van der Waals surface area contributed by atoms with Gasteiger partial charge in [-0.3, -0.25) is 4.79 Å². The van der Waals surface area contributed by atoms with Gasteiger partial charge in [-0.05, 0) is 47.9 Å². The fourth-order valence-corrected chi connectivity index (χ4v) is 3.07. The molecule has 3 amide bonds. The van der Waals surface area contributed by atoms with Gasteiger partial charge in [0, 0.05) is 5.69 Å². The number of amides is 3. The maximum absolute atomic E-state index is 12.6. The van der Waals surface area contributed by atoms with Crippen LogP contribution in [0.5, 0.6) is 5.75 Å². The quantitative estimate of drug-likeness (QED) is 0.557. The lowest BCUT2D eigenvalue weighted by Gasteiger charge is -2.20. The molecule has 6 heteroatoms. The van der Waals surface area contributed by atoms with Gasteiger partial charge in [-0.15, -0.1) is 0 Å². The van der Waals surface area contributed by atoms with Crippen LogP contribution in [0.3, 0.4) is 0 Å². The zero-order valence-electron chi connectivity index (χ0n) is 17.0. The Kier molecular flexibility index (Phi) is 7.05. The van der Waals surface area contributed by atoms with E-state index in [2.05, 4.69) is 16.0 Å². The van der Waals surface area contributed by atoms with E-state index in [1.807, 2.05) is 79.7 Å². The van der Waals surface area contributed by atoms with Crippen molar-refractivity contribution in [1.82, 2.24) is 10.6 Å². The number of carbonyl (C=O) groups is 2. The lowest BCUT2D eigenvalue weighted by atomic mass is 9.98. The number of anilines is 1. The predicted octanol–water partition coefficient (Wildman–Crippen LogP) is 4.03. The SMILES string of the molecule is COc1ccc(C(NC(=O)CNC(=O)Nc2cccc(C)c2)c2ccccc2)cc1. The van der Waals surface area contributed by atoms with Crippen LogP contribution in [0.2, 0.25) is 0 Å². The Balaban J connectivity index is 1.63. The summed E-state index contributed by atoms with van der Waals surface area (Å²) in [4.78, 5) is 24.7. The minimum Gasteiger partial charge on any atom is -0.497 e. The molecule has 0 heterocycles. The van der Waals surface area contributed by atoms with E-state index in [1.54, 1.807) is 13.2 Å². The van der Waals surface area contributed by atoms with Gasteiger partial charge in [0.15, 0.2) is 0 Å². The van der Waals surface area contributed by atoms with Crippen LogP contribution < -0.4 is 20.7 Å². The Morgan fingerprint density at radius 2 is 1.60 bits per heavy atom. The van der Waals surface area contributed by atoms with Gasteiger partial charge in [0.1, 0.15) is 5.75 Å². The third-order valence-electron chi connectivity index (χ3n) is 4.57. The summed E-state index contributed by atoms with van der Waals surface area (Å²) in [7, 11) is 1.61. The van der Waals surface area contributed by atoms with Gasteiger partial charge in [-0.25, -0.2) is 4.79 Å². The molecule has 0 aliphatic heterocycles. The third kappa shape index (κ3) is 5.85. The molecule has 0 aliphatic carbocycles. The number of carbonyl (C=O) groups excluding carboxylic acids is 2. The van der Waals surface area contributed by atoms with Gasteiger partial charge in [0.2, 0.25) is 5.91 Å². The van der Waals surface area contributed by atoms with Crippen molar-refractivity contribution in [1.29, 1.82) is 0 Å². The summed E-state index contributed by atoms with van der Waals surface area (Å²) in [5, 5.41) is 8.31. The molecule has 6 nitrogen and oxygen atoms in total. The fraction of sp³-hybridized carbons (Fsp3) is 0.167. The van der Waals surface area contributed by atoms with Crippen LogP contribution in [0.4, 0.5) is 10.5 Å². The molecule has 3 aromatic rings. The molecule has 1 unspecified atom stereocenters. The number of aryl methyl sites for hydroxylation is 1. The van der Waals surface area contributed by atoms with Crippen LogP contribution in [0.15, 0.2) is 78.9 Å². The maximum Gasteiger partial charge on any atom is 0.319 e. The van der Waals surface area contributed by atoms with Crippen LogP contribution in [0, 0.1) is 6.92 Å². The number of rotatable bonds is 7. The third-order valence-corrected chi connectivity index (χ3v) is 4.57. The summed E-state index contributed by atoms with van der Waals surface area (Å²) in [6.45, 7) is 1.80. The molecule has 0 aliphatic rings. The van der Waals surface area contributed by atoms with Crippen LogP contribution in [0.25, 0.3) is 0 Å². The van der Waals surface area contributed by atoms with Crippen molar-refractivity contribution in [2.24, 2.45) is 0 Å². The molecule has 30 heavy (non-hydrogen) atoms. The minimum absolute atomic E-state index is 0.142. The van der Waals surface area contributed by atoms with Crippen LogP contribution in [-0.4, -0.2) is 25.6 Å². The number of hydrogen-bond acceptors (Lipinski definition) is 3. The highest BCUT2D eigenvalue weighted by atomic mass is 16.5. The highest BCUT2D eigenvalue weighted by molar-refractivity contribution is 5.92. The molecule has 0 fully saturated rings. The average molecular weight is 403 g/mol. The van der Waals surface area contributed by atoms with E-state index in [1.165, 1.54) is 0 Å². The van der Waals surface area contributed by atoms with Gasteiger partial charge < -0.3 is 20.7 Å². The Hall–Kier alpha value is -3.80. The number of ether oxygens (including phenoxy) is 1. The van der Waals surface area contributed by atoms with E-state index in [4.69, 9.17) is 4.74 Å². The van der Waals surface area contributed by atoms with Crippen LogP contribution in [-0.2, 0) is 4.79 Å². The van der Waals surface area contributed by atoms with Crippen molar-refractivity contribution >= 4 is 17.6 Å². The number of benzene rings is 3. The van der Waals surface area contributed by atoms with Crippen molar-refractivity contribution in [3.8, 4) is 5.75 Å². The smallest absolute Gasteiger partial charge is 0.319 e. The lowest BCUT2D eigenvalue weighted by molar-refractivity contribution is -0.120. The Morgan fingerprint density at radius 3 is 2.27 bits per heavy atom. The van der Waals surface area contributed by atoms with Crippen molar-refractivity contribution < 1.29 is 14.3 Å². The second-order valence-corrected chi connectivity index (χ2v) is 6.86. The highest BCUT2D eigenvalue weighted by Crippen LogP contribution is 2.24. The average Bonchev–Trinajstić information content (AvgIpc) is 2.77. The van der Waals surface area contributed by atoms with Crippen molar-refractivity contribution in [3.63, 3.8) is 0 Å². The molecule has 3 rings (SSSR count). The van der Waals surface area contributed by atoms with Crippen LogP contribution in [0.1, 0.15) is 22.7 Å². The first kappa shape index (κ1) is 20.9. The molecule has 154 valence electrons. The van der Waals surface area contributed by atoms with Gasteiger partial charge in [0.25, 0.3) is 0 Å². The maximum atomic E-state index is 12.6. The minimum atomic E-state index is -0.434. The van der Waals surface area contributed by atoms with Crippen LogP contribution >= 0.6 is 0 Å². The van der Waals surface area contributed by atoms with E-state index >= 15 is 0 Å². The predicted molar refractivity (Wildman–Crippen MR) is 118 cm³/mol. The number of urea groups is 1. The summed E-state index contributed by atoms with van der Waals surface area (Å²) in [5.74, 6) is 0.449. The summed E-state index contributed by atoms with van der Waals surface area (Å²) in [5.41, 5.74) is 3.57. The Bertz CT molecular complexity index is 988. The summed E-state index contributed by atoms with van der Waals surface area (Å²) in [6.07, 6.45) is 0. The summed E-state index contributed by atoms with van der Waals surface area (Å²) < 4.78 is 5.22. The zero-order valence-corrected chi connectivity index (χ0v) is 17.0. The highest BCUT2D eigenvalue weighted by Gasteiger charge is 2.17. The topological polar surface area (TPSA) is 79.5 Å². The van der Waals surface area contributed by atoms with E-state index in [0.717, 1.165) is 22.4 Å². The molecular formula is C24H25N3O3. The molecule has 1 atom stereocenters. The van der Waals surface area contributed by atoms with E-state index in [0.29, 0.717) is 5.69 Å². The largest absolute Gasteiger partial charge is 0.497 e. The molecule has 3 aromatic carbocycles. The molecule has 3 N–H and O–H groups in total. The molecule has 0 radical (unpaired) electrons. The normalized spacial score (nSPS) is 11.3. The van der Waals surface area contributed by atoms with E-state index in [-0.39, 0.29) is 18.5 Å². The van der Waals surface area contributed by atoms with Crippen molar-refractivity contribution in [2.45, 2.75) is 13.0 Å². The first-order valence-corrected chi connectivity index (χ1v) is 9.65. The number of hydrogen-bond donors (Lipinski definition) is 3. The number of nitrogens with one attached hydrogen (secondary N) is 3. The molecule has 0 saturated heterocycles. The standard InChI is InChI=1S/C24H25N3O3/c1-17-7-6-10-20(15-17)26-24(29)25-16-22(28)27-23(18-8-4-3-5-9-18)19-11-13-21(30-2)14-12-19/h3-15,23H,16H2,1-2H3,(H,27,28)(H2,25,26,29). The summed E-state index contributed by atoms with van der Waals surface area (Å²) >= 11 is 0. The number of methoxy groups -OCH3 is 1. The zero-order chi connectivity index (χ0) is 21.3. The monoisotopic (exact) mass is 403 g/mol.